The van der Waals surface area contributed by atoms with Crippen LogP contribution in [-0.2, 0) is 4.74 Å². The number of ether oxygens (including phenoxy) is 1. The Morgan fingerprint density at radius 3 is 2.28 bits per heavy atom. The van der Waals surface area contributed by atoms with Crippen LogP contribution in [0.15, 0.2) is 24.3 Å². The van der Waals surface area contributed by atoms with Crippen LogP contribution >= 0.6 is 0 Å². The summed E-state index contributed by atoms with van der Waals surface area (Å²) in [7, 11) is 0. The molecule has 0 heterocycles. The van der Waals surface area contributed by atoms with E-state index in [9.17, 15) is 0 Å². The van der Waals surface area contributed by atoms with Gasteiger partial charge in [0.1, 0.15) is 0 Å². The molecule has 0 spiro atoms. The normalized spacial score (nSPS) is 13.6. The van der Waals surface area contributed by atoms with Crippen LogP contribution in [0.3, 0.4) is 0 Å². The van der Waals surface area contributed by atoms with E-state index in [0.717, 1.165) is 23.6 Å². The molecule has 0 bridgehead atoms. The first-order valence-electron chi connectivity index (χ1n) is 9.63. The van der Waals surface area contributed by atoms with Crippen LogP contribution < -0.4 is 10.8 Å². The molecule has 0 amide bonds. The van der Waals surface area contributed by atoms with Crippen LogP contribution in [-0.4, -0.2) is 35.9 Å². The summed E-state index contributed by atoms with van der Waals surface area (Å²) in [4.78, 5) is 0. The molecule has 0 saturated heterocycles. The number of anilines is 1. The quantitative estimate of drug-likeness (QED) is 0.490. The first kappa shape index (κ1) is 21.8. The van der Waals surface area contributed by atoms with Gasteiger partial charge in [-0.1, -0.05) is 0 Å². The third-order valence-corrected chi connectivity index (χ3v) is 5.19. The fraction of sp³-hybridized carbons (Fsp3) is 0.667. The average Bonchev–Trinajstić information content (AvgIpc) is 2.54. The molecule has 1 rings (SSSR count). The van der Waals surface area contributed by atoms with Gasteiger partial charge in [0.2, 0.25) is 0 Å². The first-order chi connectivity index (χ1) is 11.7. The number of nitrogens with one attached hydrogen (secondary N) is 1. The van der Waals surface area contributed by atoms with E-state index in [2.05, 4.69) is 43.4 Å². The predicted molar refractivity (Wildman–Crippen MR) is 113 cm³/mol. The van der Waals surface area contributed by atoms with Crippen molar-refractivity contribution in [1.82, 2.24) is 0 Å². The molecule has 1 aromatic rings. The minimum absolute atomic E-state index is 0.528. The molecule has 4 heteroatoms. The van der Waals surface area contributed by atoms with Crippen LogP contribution in [0.2, 0.25) is 0 Å². The SMILES string of the molecule is CCCC(CC)CCNc1ccc(B=COC(C)(C)C(C)(C)[OH2+])cc1. The van der Waals surface area contributed by atoms with E-state index in [1.54, 1.807) is 6.15 Å². The standard InChI is InChI=1S/C21H36BNO2/c1-7-9-17(8-2)14-15-23-19-12-10-18(11-13-19)22-16-25-21(5,6)20(3,4)24/h10-13,16-17,23-24H,7-9,14-15H2,1-6H3/p+1. The molecular formula is C21H37BNO2+. The van der Waals surface area contributed by atoms with Gasteiger partial charge in [0.05, 0.1) is 0 Å². The summed E-state index contributed by atoms with van der Waals surface area (Å²) in [6, 6.07) is 8.40. The van der Waals surface area contributed by atoms with Crippen LogP contribution in [0.4, 0.5) is 5.69 Å². The molecule has 0 fully saturated rings. The summed E-state index contributed by atoms with van der Waals surface area (Å²) in [5.74, 6) is 0.835. The van der Waals surface area contributed by atoms with Gasteiger partial charge in [-0.15, -0.1) is 0 Å². The Hall–Kier alpha value is -1.29. The van der Waals surface area contributed by atoms with E-state index in [0.29, 0.717) is 0 Å². The molecule has 0 aromatic heterocycles. The summed E-state index contributed by atoms with van der Waals surface area (Å²) in [6.07, 6.45) is 6.81. The molecule has 3 nitrogen and oxygen atoms in total. The summed E-state index contributed by atoms with van der Waals surface area (Å²) < 4.78 is 5.77. The third kappa shape index (κ3) is 7.64. The Morgan fingerprint density at radius 1 is 1.12 bits per heavy atom. The molecule has 0 aliphatic heterocycles. The van der Waals surface area contributed by atoms with Gasteiger partial charge >= 0.3 is 155 Å². The average molecular weight is 346 g/mol. The van der Waals surface area contributed by atoms with Gasteiger partial charge in [0.15, 0.2) is 0 Å². The van der Waals surface area contributed by atoms with Crippen molar-refractivity contribution in [3.05, 3.63) is 24.3 Å². The van der Waals surface area contributed by atoms with Gasteiger partial charge in [0.25, 0.3) is 0 Å². The summed E-state index contributed by atoms with van der Waals surface area (Å²) in [5.41, 5.74) is 1.08. The molecule has 0 saturated carbocycles. The van der Waals surface area contributed by atoms with Crippen LogP contribution in [0.5, 0.6) is 0 Å². The first-order valence-corrected chi connectivity index (χ1v) is 9.63. The van der Waals surface area contributed by atoms with E-state index >= 15 is 0 Å². The summed E-state index contributed by atoms with van der Waals surface area (Å²) >= 11 is 0. The van der Waals surface area contributed by atoms with Gasteiger partial charge in [-0.3, -0.25) is 0 Å². The molecular weight excluding hydrogens is 309 g/mol. The molecule has 0 aliphatic carbocycles. The topological polar surface area (TPSA) is 44.2 Å². The molecule has 140 valence electrons. The second-order valence-electron chi connectivity index (χ2n) is 7.96. The Morgan fingerprint density at radius 2 is 1.76 bits per heavy atom. The maximum atomic E-state index is 8.11. The number of hydrogen-bond donors (Lipinski definition) is 1. The van der Waals surface area contributed by atoms with Gasteiger partial charge < -0.3 is 0 Å². The zero-order valence-corrected chi connectivity index (χ0v) is 17.0. The second kappa shape index (κ2) is 10.0. The number of hydrogen-bond acceptors (Lipinski definition) is 2. The Bertz CT molecular complexity index is 518. The van der Waals surface area contributed by atoms with Crippen molar-refractivity contribution < 1.29 is 9.84 Å². The Kier molecular flexibility index (Phi) is 8.71. The minimum atomic E-state index is -0.654. The van der Waals surface area contributed by atoms with Crippen molar-refractivity contribution in [2.75, 3.05) is 11.9 Å². The van der Waals surface area contributed by atoms with Crippen molar-refractivity contribution in [2.45, 2.75) is 78.4 Å². The molecule has 0 aliphatic rings. The van der Waals surface area contributed by atoms with Gasteiger partial charge in [-0.05, 0) is 0 Å². The van der Waals surface area contributed by atoms with E-state index in [1.165, 1.54) is 25.7 Å². The maximum absolute atomic E-state index is 8.11. The van der Waals surface area contributed by atoms with Crippen molar-refractivity contribution in [1.29, 1.82) is 0 Å². The fourth-order valence-corrected chi connectivity index (χ4v) is 2.52. The Labute approximate surface area is 155 Å². The summed E-state index contributed by atoms with van der Waals surface area (Å²) in [6.45, 7) is 15.1. The van der Waals surface area contributed by atoms with Crippen molar-refractivity contribution in [2.24, 2.45) is 5.92 Å². The van der Waals surface area contributed by atoms with Crippen LogP contribution in [0, 0.1) is 5.92 Å². The monoisotopic (exact) mass is 346 g/mol. The van der Waals surface area contributed by atoms with E-state index in [-0.39, 0.29) is 0 Å². The van der Waals surface area contributed by atoms with E-state index < -0.39 is 11.2 Å². The van der Waals surface area contributed by atoms with Crippen LogP contribution in [0.1, 0.15) is 67.2 Å². The second-order valence-corrected chi connectivity index (χ2v) is 7.96. The Balaban J connectivity index is 2.47. The third-order valence-electron chi connectivity index (χ3n) is 5.19. The molecule has 0 radical (unpaired) electrons. The fourth-order valence-electron chi connectivity index (χ4n) is 2.52. The molecule has 1 atom stereocenters. The van der Waals surface area contributed by atoms with Gasteiger partial charge in [-0.2, -0.15) is 0 Å². The molecule has 3 N–H and O–H groups in total. The van der Waals surface area contributed by atoms with Crippen molar-refractivity contribution in [3.8, 4) is 0 Å². The van der Waals surface area contributed by atoms with E-state index in [4.69, 9.17) is 9.84 Å². The zero-order chi connectivity index (χ0) is 18.9. The van der Waals surface area contributed by atoms with Crippen molar-refractivity contribution in [3.63, 3.8) is 0 Å². The molecule has 1 aromatic carbocycles. The van der Waals surface area contributed by atoms with Gasteiger partial charge in [0, 0.05) is 0 Å². The van der Waals surface area contributed by atoms with Gasteiger partial charge in [-0.25, -0.2) is 0 Å². The zero-order valence-electron chi connectivity index (χ0n) is 17.0. The van der Waals surface area contributed by atoms with Crippen LogP contribution in [0.25, 0.3) is 0 Å². The number of benzene rings is 1. The molecule has 1 unspecified atom stereocenters. The number of rotatable bonds is 11. The molecule has 25 heavy (non-hydrogen) atoms. The summed E-state index contributed by atoms with van der Waals surface area (Å²) in [5, 5.41) is 11.6. The van der Waals surface area contributed by atoms with Crippen molar-refractivity contribution >= 4 is 24.2 Å². The van der Waals surface area contributed by atoms with E-state index in [1.807, 2.05) is 34.6 Å². The predicted octanol–water partition coefficient (Wildman–Crippen LogP) is 3.70.